The number of aromatic nitrogens is 5. The first-order valence-electron chi connectivity index (χ1n) is 10.4. The highest BCUT2D eigenvalue weighted by molar-refractivity contribution is 5.72. The number of pyridine rings is 1. The number of carboxylic acid groups (broad SMARTS) is 1. The Morgan fingerprint density at radius 3 is 2.71 bits per heavy atom. The topological polar surface area (TPSA) is 162 Å². The molecule has 0 saturated heterocycles. The highest BCUT2D eigenvalue weighted by Gasteiger charge is 2.19. The minimum atomic E-state index is -1.13. The third kappa shape index (κ3) is 4.41. The molecule has 0 saturated carbocycles. The van der Waals surface area contributed by atoms with Crippen LogP contribution < -0.4 is 16.6 Å². The number of benzene rings is 1. The molecule has 0 amide bonds. The van der Waals surface area contributed by atoms with Crippen molar-refractivity contribution in [2.24, 2.45) is 0 Å². The lowest BCUT2D eigenvalue weighted by atomic mass is 10.1. The minimum Gasteiger partial charge on any atom is -0.480 e. The molecule has 0 aliphatic carbocycles. The zero-order chi connectivity index (χ0) is 24.4. The third-order valence-corrected chi connectivity index (χ3v) is 5.34. The Labute approximate surface area is 194 Å². The zero-order valence-corrected chi connectivity index (χ0v) is 18.8. The summed E-state index contributed by atoms with van der Waals surface area (Å²) in [5.74, 6) is -0.630. The van der Waals surface area contributed by atoms with Gasteiger partial charge in [-0.25, -0.2) is 14.8 Å². The highest BCUT2D eigenvalue weighted by Crippen LogP contribution is 2.29. The monoisotopic (exact) mass is 461 g/mol. The number of nitrogens with zero attached hydrogens (tertiary/aromatic N) is 5. The summed E-state index contributed by atoms with van der Waals surface area (Å²) in [4.78, 5) is 32.1. The second-order valence-corrected chi connectivity index (χ2v) is 7.76. The molecule has 1 atom stereocenters. The van der Waals surface area contributed by atoms with Gasteiger partial charge in [0.1, 0.15) is 6.04 Å². The van der Waals surface area contributed by atoms with Crippen molar-refractivity contribution in [1.82, 2.24) is 30.0 Å². The maximum Gasteiger partial charge on any atom is 0.326 e. The van der Waals surface area contributed by atoms with Crippen molar-refractivity contribution in [2.75, 3.05) is 12.8 Å². The van der Waals surface area contributed by atoms with Gasteiger partial charge in [-0.15, -0.1) is 10.2 Å². The van der Waals surface area contributed by atoms with E-state index in [-0.39, 0.29) is 17.4 Å². The third-order valence-electron chi connectivity index (χ3n) is 5.34. The molecule has 3 heterocycles. The fourth-order valence-electron chi connectivity index (χ4n) is 3.48. The van der Waals surface area contributed by atoms with Gasteiger partial charge in [-0.1, -0.05) is 12.1 Å². The molecule has 11 heteroatoms. The zero-order valence-electron chi connectivity index (χ0n) is 18.8. The van der Waals surface area contributed by atoms with Crippen LogP contribution in [0.5, 0.6) is 0 Å². The predicted octanol–water partition coefficient (Wildman–Crippen LogP) is 2.28. The molecule has 4 rings (SSSR count). The summed E-state index contributed by atoms with van der Waals surface area (Å²) in [5.41, 5.74) is 9.51. The summed E-state index contributed by atoms with van der Waals surface area (Å²) >= 11 is 0. The van der Waals surface area contributed by atoms with Gasteiger partial charge in [-0.05, 0) is 44.2 Å². The Morgan fingerprint density at radius 1 is 1.24 bits per heavy atom. The van der Waals surface area contributed by atoms with Gasteiger partial charge in [0.05, 0.1) is 11.9 Å². The standard InChI is InChI=1S/C23H23N7O4/c1-12-8-14(9-25-3)4-6-16(12)21-28-29-22(34-21)19-20(24)26-10-17(27-19)15-5-7-18(31)30(11-15)13(2)23(32)33/h4-8,10-11,13,25H,9H2,1-3H3,(H2,24,26)(H,32,33). The number of hydrogen-bond acceptors (Lipinski definition) is 9. The van der Waals surface area contributed by atoms with Crippen LogP contribution >= 0.6 is 0 Å². The number of carbonyl (C=O) groups is 1. The van der Waals surface area contributed by atoms with Crippen molar-refractivity contribution in [2.45, 2.75) is 26.4 Å². The van der Waals surface area contributed by atoms with E-state index in [0.717, 1.165) is 27.8 Å². The Morgan fingerprint density at radius 2 is 2.00 bits per heavy atom. The lowest BCUT2D eigenvalue weighted by molar-refractivity contribution is -0.140. The van der Waals surface area contributed by atoms with Crippen LogP contribution in [0.2, 0.25) is 0 Å². The Balaban J connectivity index is 1.71. The van der Waals surface area contributed by atoms with Crippen molar-refractivity contribution < 1.29 is 14.3 Å². The maximum absolute atomic E-state index is 12.1. The molecule has 0 aliphatic rings. The van der Waals surface area contributed by atoms with Crippen LogP contribution in [0.4, 0.5) is 5.82 Å². The van der Waals surface area contributed by atoms with E-state index in [1.807, 2.05) is 32.2 Å². The van der Waals surface area contributed by atoms with E-state index >= 15 is 0 Å². The summed E-state index contributed by atoms with van der Waals surface area (Å²) < 4.78 is 6.98. The number of nitrogens with two attached hydrogens (primary N) is 1. The normalized spacial score (nSPS) is 12.0. The molecule has 3 aromatic heterocycles. The van der Waals surface area contributed by atoms with Gasteiger partial charge in [-0.3, -0.25) is 4.79 Å². The van der Waals surface area contributed by atoms with Gasteiger partial charge >= 0.3 is 5.97 Å². The number of aryl methyl sites for hydroxylation is 1. The first-order valence-corrected chi connectivity index (χ1v) is 10.4. The lowest BCUT2D eigenvalue weighted by Crippen LogP contribution is -2.27. The molecule has 0 spiro atoms. The summed E-state index contributed by atoms with van der Waals surface area (Å²) in [7, 11) is 1.88. The molecule has 1 aromatic carbocycles. The summed E-state index contributed by atoms with van der Waals surface area (Å²) in [6.07, 6.45) is 2.84. The second-order valence-electron chi connectivity index (χ2n) is 7.76. The number of nitrogens with one attached hydrogen (secondary N) is 1. The van der Waals surface area contributed by atoms with Crippen molar-refractivity contribution in [3.63, 3.8) is 0 Å². The van der Waals surface area contributed by atoms with Crippen LogP contribution in [0.25, 0.3) is 34.3 Å². The molecule has 4 aromatic rings. The van der Waals surface area contributed by atoms with E-state index in [4.69, 9.17) is 10.2 Å². The van der Waals surface area contributed by atoms with E-state index in [1.54, 1.807) is 0 Å². The van der Waals surface area contributed by atoms with Gasteiger partial charge in [0.25, 0.3) is 11.4 Å². The molecule has 34 heavy (non-hydrogen) atoms. The number of rotatable bonds is 7. The second kappa shape index (κ2) is 9.24. The average Bonchev–Trinajstić information content (AvgIpc) is 3.29. The first kappa shape index (κ1) is 22.8. The fraction of sp³-hybridized carbons (Fsp3) is 0.217. The molecule has 11 nitrogen and oxygen atoms in total. The SMILES string of the molecule is CNCc1ccc(-c2nnc(-c3nc(-c4ccc(=O)n(C(C)C(=O)O)c4)cnc3N)o2)c(C)c1. The molecule has 4 N–H and O–H groups in total. The van der Waals surface area contributed by atoms with Crippen molar-refractivity contribution >= 4 is 11.8 Å². The summed E-state index contributed by atoms with van der Waals surface area (Å²) in [6.45, 7) is 4.12. The smallest absolute Gasteiger partial charge is 0.326 e. The number of aliphatic carboxylic acids is 1. The van der Waals surface area contributed by atoms with E-state index in [9.17, 15) is 14.7 Å². The minimum absolute atomic E-state index is 0.0901. The maximum atomic E-state index is 12.1. The van der Waals surface area contributed by atoms with Gasteiger partial charge in [0.2, 0.25) is 5.89 Å². The van der Waals surface area contributed by atoms with Crippen LogP contribution in [0.1, 0.15) is 24.1 Å². The highest BCUT2D eigenvalue weighted by atomic mass is 16.4. The van der Waals surface area contributed by atoms with Crippen molar-refractivity contribution in [1.29, 1.82) is 0 Å². The molecular formula is C23H23N7O4. The van der Waals surface area contributed by atoms with E-state index in [2.05, 4.69) is 25.5 Å². The molecule has 0 radical (unpaired) electrons. The predicted molar refractivity (Wildman–Crippen MR) is 125 cm³/mol. The Bertz CT molecular complexity index is 1430. The molecule has 0 fully saturated rings. The summed E-state index contributed by atoms with van der Waals surface area (Å²) in [5, 5.41) is 20.6. The molecular weight excluding hydrogens is 438 g/mol. The van der Waals surface area contributed by atoms with Gasteiger partial charge in [-0.2, -0.15) is 0 Å². The van der Waals surface area contributed by atoms with Crippen LogP contribution in [0, 0.1) is 6.92 Å². The number of carboxylic acids is 1. The molecule has 0 bridgehead atoms. The van der Waals surface area contributed by atoms with Crippen LogP contribution in [0.3, 0.4) is 0 Å². The number of nitrogen functional groups attached to an aromatic ring is 1. The first-order chi connectivity index (χ1) is 16.3. The molecule has 1 unspecified atom stereocenters. The van der Waals surface area contributed by atoms with Crippen molar-refractivity contribution in [3.05, 3.63) is 64.2 Å². The van der Waals surface area contributed by atoms with Crippen LogP contribution in [-0.4, -0.2) is 42.9 Å². The average molecular weight is 461 g/mol. The Hall–Kier alpha value is -4.38. The lowest BCUT2D eigenvalue weighted by Gasteiger charge is -2.12. The van der Waals surface area contributed by atoms with E-state index in [0.29, 0.717) is 17.1 Å². The van der Waals surface area contributed by atoms with Crippen LogP contribution in [-0.2, 0) is 11.3 Å². The van der Waals surface area contributed by atoms with Crippen molar-refractivity contribution in [3.8, 4) is 34.3 Å². The van der Waals surface area contributed by atoms with Crippen LogP contribution in [0.15, 0.2) is 51.9 Å². The Kier molecular flexibility index (Phi) is 6.19. The fourth-order valence-corrected chi connectivity index (χ4v) is 3.48. The molecule has 0 aliphatic heterocycles. The van der Waals surface area contributed by atoms with Gasteiger partial charge in [0.15, 0.2) is 11.5 Å². The largest absolute Gasteiger partial charge is 0.480 e. The molecule has 174 valence electrons. The van der Waals surface area contributed by atoms with E-state index < -0.39 is 17.6 Å². The summed E-state index contributed by atoms with van der Waals surface area (Å²) in [6, 6.07) is 7.69. The van der Waals surface area contributed by atoms with E-state index in [1.165, 1.54) is 31.5 Å². The number of anilines is 1. The number of hydrogen-bond donors (Lipinski definition) is 3. The van der Waals surface area contributed by atoms with Gasteiger partial charge in [0, 0.05) is 29.9 Å². The quantitative estimate of drug-likeness (QED) is 0.372. The van der Waals surface area contributed by atoms with Gasteiger partial charge < -0.3 is 25.1 Å².